The Bertz CT molecular complexity index is 1410. The molecule has 0 N–H and O–H groups in total. The number of hydrazone groups is 1. The van der Waals surface area contributed by atoms with E-state index in [2.05, 4.69) is 10.1 Å². The Balaban J connectivity index is 1.48. The highest BCUT2D eigenvalue weighted by molar-refractivity contribution is 6.05. The molecule has 3 aromatic carbocycles. The topological polar surface area (TPSA) is 53.7 Å². The van der Waals surface area contributed by atoms with Gasteiger partial charge in [-0.15, -0.1) is 0 Å². The molecule has 0 saturated heterocycles. The summed E-state index contributed by atoms with van der Waals surface area (Å²) < 4.78 is 41.0. The second kappa shape index (κ2) is 9.57. The molecule has 0 bridgehead atoms. The summed E-state index contributed by atoms with van der Waals surface area (Å²) in [4.78, 5) is 19.5. The van der Waals surface area contributed by atoms with Crippen molar-refractivity contribution in [2.45, 2.75) is 18.6 Å². The van der Waals surface area contributed by atoms with Crippen LogP contribution >= 0.6 is 0 Å². The Morgan fingerprint density at radius 3 is 2.19 bits per heavy atom. The van der Waals surface area contributed by atoms with Gasteiger partial charge >= 0.3 is 6.18 Å². The molecule has 1 aromatic heterocycles. The number of rotatable bonds is 5. The first-order valence-corrected chi connectivity index (χ1v) is 11.6. The van der Waals surface area contributed by atoms with Gasteiger partial charge in [-0.25, -0.2) is 9.99 Å². The number of aromatic nitrogens is 2. The first-order chi connectivity index (χ1) is 17.7. The summed E-state index contributed by atoms with van der Waals surface area (Å²) in [5.74, 6) is -0.458. The highest BCUT2D eigenvalue weighted by atomic mass is 19.4. The van der Waals surface area contributed by atoms with Gasteiger partial charge in [0, 0.05) is 49.8 Å². The number of benzene rings is 3. The minimum atomic E-state index is -4.47. The van der Waals surface area contributed by atoms with E-state index in [1.807, 2.05) is 78.3 Å². The van der Waals surface area contributed by atoms with Gasteiger partial charge in [-0.2, -0.15) is 18.3 Å². The lowest BCUT2D eigenvalue weighted by Crippen LogP contribution is -2.27. The molecular formula is C28H24F3N5O. The number of amides is 1. The summed E-state index contributed by atoms with van der Waals surface area (Å²) in [7, 11) is 3.89. The third-order valence-electron chi connectivity index (χ3n) is 6.37. The highest BCUT2D eigenvalue weighted by Gasteiger charge is 2.35. The van der Waals surface area contributed by atoms with E-state index in [9.17, 15) is 18.0 Å². The molecule has 9 heteroatoms. The quantitative estimate of drug-likeness (QED) is 0.338. The van der Waals surface area contributed by atoms with E-state index in [0.717, 1.165) is 40.3 Å². The maximum Gasteiger partial charge on any atom is 0.416 e. The van der Waals surface area contributed by atoms with Crippen molar-refractivity contribution < 1.29 is 18.0 Å². The van der Waals surface area contributed by atoms with Gasteiger partial charge in [-0.1, -0.05) is 24.3 Å². The lowest BCUT2D eigenvalue weighted by atomic mass is 9.97. The van der Waals surface area contributed by atoms with Gasteiger partial charge in [0.2, 0.25) is 0 Å². The molecule has 1 unspecified atom stereocenters. The zero-order valence-corrected chi connectivity index (χ0v) is 20.2. The van der Waals surface area contributed by atoms with E-state index in [0.29, 0.717) is 6.42 Å². The average molecular weight is 504 g/mol. The van der Waals surface area contributed by atoms with Crippen molar-refractivity contribution in [3.63, 3.8) is 0 Å². The molecule has 0 radical (unpaired) electrons. The summed E-state index contributed by atoms with van der Waals surface area (Å²) in [5.41, 5.74) is 3.76. The Labute approximate surface area is 212 Å². The minimum Gasteiger partial charge on any atom is -0.378 e. The normalized spacial score (nSPS) is 15.5. The van der Waals surface area contributed by atoms with Crippen LogP contribution in [0.2, 0.25) is 0 Å². The SMILES string of the molecule is CN(C)c1ccc(C2CC(c3ccc(-n4ccnc4)cc3)=NN2C(=O)c2ccc(C(F)(F)F)cc2)cc1. The molecule has 0 saturated carbocycles. The second-order valence-electron chi connectivity index (χ2n) is 8.99. The minimum absolute atomic E-state index is 0.142. The average Bonchev–Trinajstić information content (AvgIpc) is 3.59. The molecule has 1 amide bonds. The molecule has 6 nitrogen and oxygen atoms in total. The van der Waals surface area contributed by atoms with Crippen molar-refractivity contribution in [1.29, 1.82) is 0 Å². The summed E-state index contributed by atoms with van der Waals surface area (Å²) in [6, 6.07) is 19.4. The molecule has 0 aliphatic carbocycles. The van der Waals surface area contributed by atoms with Crippen LogP contribution in [0.4, 0.5) is 18.9 Å². The molecule has 37 heavy (non-hydrogen) atoms. The van der Waals surface area contributed by atoms with Crippen LogP contribution in [0.25, 0.3) is 5.69 Å². The molecule has 0 fully saturated rings. The third-order valence-corrected chi connectivity index (χ3v) is 6.37. The first-order valence-electron chi connectivity index (χ1n) is 11.6. The zero-order chi connectivity index (χ0) is 26.2. The van der Waals surface area contributed by atoms with Crippen LogP contribution in [-0.4, -0.2) is 40.3 Å². The van der Waals surface area contributed by atoms with Gasteiger partial charge < -0.3 is 9.47 Å². The largest absolute Gasteiger partial charge is 0.416 e. The van der Waals surface area contributed by atoms with E-state index in [4.69, 9.17) is 0 Å². The van der Waals surface area contributed by atoms with Gasteiger partial charge in [0.25, 0.3) is 5.91 Å². The van der Waals surface area contributed by atoms with E-state index in [1.54, 1.807) is 12.5 Å². The number of alkyl halides is 3. The fourth-order valence-electron chi connectivity index (χ4n) is 4.30. The van der Waals surface area contributed by atoms with Gasteiger partial charge in [0.1, 0.15) is 0 Å². The number of nitrogens with zero attached hydrogens (tertiary/aromatic N) is 5. The van der Waals surface area contributed by atoms with Crippen LogP contribution < -0.4 is 4.90 Å². The lowest BCUT2D eigenvalue weighted by Gasteiger charge is -2.23. The zero-order valence-electron chi connectivity index (χ0n) is 20.2. The van der Waals surface area contributed by atoms with E-state index in [1.165, 1.54) is 17.1 Å². The molecule has 1 atom stereocenters. The fourth-order valence-corrected chi connectivity index (χ4v) is 4.30. The van der Waals surface area contributed by atoms with Crippen molar-refractivity contribution in [2.75, 3.05) is 19.0 Å². The van der Waals surface area contributed by atoms with Crippen molar-refractivity contribution in [3.05, 3.63) is 114 Å². The van der Waals surface area contributed by atoms with Crippen LogP contribution in [-0.2, 0) is 6.18 Å². The van der Waals surface area contributed by atoms with Crippen molar-refractivity contribution in [1.82, 2.24) is 14.6 Å². The molecule has 0 spiro atoms. The maximum atomic E-state index is 13.5. The summed E-state index contributed by atoms with van der Waals surface area (Å²) in [6.45, 7) is 0. The van der Waals surface area contributed by atoms with Crippen LogP contribution in [0.5, 0.6) is 0 Å². The molecule has 188 valence electrons. The standard InChI is InChI=1S/C28H24F3N5O/c1-34(2)23-11-7-20(8-12-23)26-17-25(19-5-13-24(14-6-19)35-16-15-32-18-35)33-36(26)27(37)21-3-9-22(10-4-21)28(29,30)31/h3-16,18,26H,17H2,1-2H3. The monoisotopic (exact) mass is 503 g/mol. The van der Waals surface area contributed by atoms with E-state index < -0.39 is 23.7 Å². The van der Waals surface area contributed by atoms with Gasteiger partial charge in [0.05, 0.1) is 23.6 Å². The van der Waals surface area contributed by atoms with E-state index >= 15 is 0 Å². The number of anilines is 1. The van der Waals surface area contributed by atoms with Crippen LogP contribution in [0, 0.1) is 0 Å². The molecule has 5 rings (SSSR count). The Morgan fingerprint density at radius 1 is 0.946 bits per heavy atom. The summed E-state index contributed by atoms with van der Waals surface area (Å²) in [5, 5.41) is 6.04. The number of carbonyl (C=O) groups is 1. The predicted octanol–water partition coefficient (Wildman–Crippen LogP) is 5.95. The number of carbonyl (C=O) groups excluding carboxylic acids is 1. The number of hydrogen-bond acceptors (Lipinski definition) is 4. The molecule has 1 aliphatic rings. The molecule has 4 aromatic rings. The number of imidazole rings is 1. The number of hydrogen-bond donors (Lipinski definition) is 0. The van der Waals surface area contributed by atoms with Crippen LogP contribution in [0.1, 0.15) is 39.5 Å². The lowest BCUT2D eigenvalue weighted by molar-refractivity contribution is -0.137. The third kappa shape index (κ3) is 4.97. The second-order valence-corrected chi connectivity index (χ2v) is 8.99. The van der Waals surface area contributed by atoms with Crippen molar-refractivity contribution >= 4 is 17.3 Å². The maximum absolute atomic E-state index is 13.5. The smallest absolute Gasteiger partial charge is 0.378 e. The number of halogens is 3. The van der Waals surface area contributed by atoms with Gasteiger partial charge in [-0.3, -0.25) is 4.79 Å². The van der Waals surface area contributed by atoms with Crippen LogP contribution in [0.3, 0.4) is 0 Å². The molecule has 1 aliphatic heterocycles. The van der Waals surface area contributed by atoms with Crippen molar-refractivity contribution in [2.24, 2.45) is 5.10 Å². The Kier molecular flexibility index (Phi) is 6.29. The fraction of sp³-hybridized carbons (Fsp3) is 0.179. The van der Waals surface area contributed by atoms with Crippen LogP contribution in [0.15, 0.2) is 96.6 Å². The predicted molar refractivity (Wildman–Crippen MR) is 136 cm³/mol. The van der Waals surface area contributed by atoms with Gasteiger partial charge in [-0.05, 0) is 59.7 Å². The Morgan fingerprint density at radius 2 is 1.62 bits per heavy atom. The first kappa shape index (κ1) is 24.3. The molecule has 2 heterocycles. The summed E-state index contributed by atoms with van der Waals surface area (Å²) >= 11 is 0. The Hall–Kier alpha value is -4.40. The van der Waals surface area contributed by atoms with Crippen molar-refractivity contribution in [3.8, 4) is 5.69 Å². The van der Waals surface area contributed by atoms with Gasteiger partial charge in [0.15, 0.2) is 0 Å². The van der Waals surface area contributed by atoms with E-state index in [-0.39, 0.29) is 5.56 Å². The highest BCUT2D eigenvalue weighted by Crippen LogP contribution is 2.35. The molecular weight excluding hydrogens is 479 g/mol. The summed E-state index contributed by atoms with van der Waals surface area (Å²) in [6.07, 6.45) is 1.25.